The van der Waals surface area contributed by atoms with Gasteiger partial charge in [-0.05, 0) is 24.3 Å². The molecule has 22 heavy (non-hydrogen) atoms. The summed E-state index contributed by atoms with van der Waals surface area (Å²) in [4.78, 5) is 15.9. The Bertz CT molecular complexity index is 623. The number of ether oxygens (including phenoxy) is 1. The van der Waals surface area contributed by atoms with Crippen molar-refractivity contribution in [3.05, 3.63) is 48.9 Å². The van der Waals surface area contributed by atoms with Gasteiger partial charge in [-0.25, -0.2) is 4.98 Å². The summed E-state index contributed by atoms with van der Waals surface area (Å²) in [5.74, 6) is 2.36. The van der Waals surface area contributed by atoms with Gasteiger partial charge in [0.2, 0.25) is 11.8 Å². The van der Waals surface area contributed by atoms with Crippen LogP contribution in [0.4, 0.5) is 0 Å². The highest BCUT2D eigenvalue weighted by molar-refractivity contribution is 7.99. The van der Waals surface area contributed by atoms with E-state index in [1.165, 1.54) is 11.8 Å². The lowest BCUT2D eigenvalue weighted by Crippen LogP contribution is -2.24. The Labute approximate surface area is 133 Å². The molecule has 1 heterocycles. The maximum atomic E-state index is 11.4. The first-order valence-electron chi connectivity index (χ1n) is 6.77. The average Bonchev–Trinajstić information content (AvgIpc) is 3.02. The number of nitrogens with zero attached hydrogens (tertiary/aromatic N) is 1. The van der Waals surface area contributed by atoms with Crippen LogP contribution in [0.15, 0.2) is 47.6 Å². The number of methoxy groups -OCH3 is 1. The second-order valence-electron chi connectivity index (χ2n) is 4.46. The van der Waals surface area contributed by atoms with Crippen LogP contribution in [-0.4, -0.2) is 30.3 Å². The van der Waals surface area contributed by atoms with Gasteiger partial charge < -0.3 is 14.5 Å². The van der Waals surface area contributed by atoms with Crippen molar-refractivity contribution in [1.82, 2.24) is 10.3 Å². The number of nitrogens with one attached hydrogen (secondary N) is 1. The van der Waals surface area contributed by atoms with Gasteiger partial charge in [0.15, 0.2) is 0 Å². The van der Waals surface area contributed by atoms with Crippen LogP contribution in [0.5, 0.6) is 5.75 Å². The summed E-state index contributed by atoms with van der Waals surface area (Å²) in [6.07, 6.45) is 3.27. The first kappa shape index (κ1) is 16.2. The molecule has 0 radical (unpaired) electrons. The second-order valence-corrected chi connectivity index (χ2v) is 5.44. The van der Waals surface area contributed by atoms with Crippen LogP contribution >= 0.6 is 11.8 Å². The Hall–Kier alpha value is -2.21. The van der Waals surface area contributed by atoms with Crippen LogP contribution in [0, 0.1) is 0 Å². The van der Waals surface area contributed by atoms with Gasteiger partial charge in [-0.15, -0.1) is 18.3 Å². The Morgan fingerprint density at radius 2 is 2.23 bits per heavy atom. The van der Waals surface area contributed by atoms with Crippen molar-refractivity contribution in [3.63, 3.8) is 0 Å². The van der Waals surface area contributed by atoms with Crippen molar-refractivity contribution in [2.24, 2.45) is 0 Å². The van der Waals surface area contributed by atoms with Gasteiger partial charge in [0.25, 0.3) is 0 Å². The van der Waals surface area contributed by atoms with Crippen LogP contribution in [0.3, 0.4) is 0 Å². The molecule has 1 aromatic carbocycles. The van der Waals surface area contributed by atoms with E-state index in [0.717, 1.165) is 17.0 Å². The van der Waals surface area contributed by atoms with E-state index in [-0.39, 0.29) is 5.91 Å². The average molecular weight is 318 g/mol. The predicted molar refractivity (Wildman–Crippen MR) is 87.9 cm³/mol. The smallest absolute Gasteiger partial charge is 0.230 e. The summed E-state index contributed by atoms with van der Waals surface area (Å²) in [5.41, 5.74) is 1.70. The fourth-order valence-electron chi connectivity index (χ4n) is 1.72. The molecule has 1 aromatic heterocycles. The Morgan fingerprint density at radius 1 is 1.45 bits per heavy atom. The third kappa shape index (κ3) is 4.66. The third-order valence-corrected chi connectivity index (χ3v) is 3.78. The van der Waals surface area contributed by atoms with Gasteiger partial charge in [0.1, 0.15) is 12.0 Å². The lowest BCUT2D eigenvalue weighted by atomic mass is 10.2. The van der Waals surface area contributed by atoms with Gasteiger partial charge in [0.05, 0.1) is 18.6 Å². The third-order valence-electron chi connectivity index (χ3n) is 2.82. The number of oxazole rings is 1. The normalized spacial score (nSPS) is 10.2. The molecule has 1 amide bonds. The van der Waals surface area contributed by atoms with Gasteiger partial charge >= 0.3 is 0 Å². The maximum Gasteiger partial charge on any atom is 0.230 e. The van der Waals surface area contributed by atoms with E-state index in [4.69, 9.17) is 9.15 Å². The summed E-state index contributed by atoms with van der Waals surface area (Å²) in [7, 11) is 1.63. The molecular weight excluding hydrogens is 300 g/mol. The molecule has 0 saturated carbocycles. The molecule has 2 rings (SSSR count). The van der Waals surface area contributed by atoms with E-state index < -0.39 is 0 Å². The number of rotatable bonds is 8. The van der Waals surface area contributed by atoms with Crippen molar-refractivity contribution in [2.45, 2.75) is 5.75 Å². The number of carbonyl (C=O) groups excluding carboxylic acids is 1. The number of benzene rings is 1. The maximum absolute atomic E-state index is 11.4. The highest BCUT2D eigenvalue weighted by Gasteiger charge is 2.08. The number of hydrogen-bond acceptors (Lipinski definition) is 5. The van der Waals surface area contributed by atoms with Gasteiger partial charge in [-0.1, -0.05) is 6.08 Å². The molecule has 0 aliphatic carbocycles. The zero-order chi connectivity index (χ0) is 15.8. The van der Waals surface area contributed by atoms with Crippen molar-refractivity contribution < 1.29 is 13.9 Å². The van der Waals surface area contributed by atoms with Crippen LogP contribution < -0.4 is 10.1 Å². The van der Waals surface area contributed by atoms with Gasteiger partial charge in [0, 0.05) is 17.9 Å². The largest absolute Gasteiger partial charge is 0.497 e. The van der Waals surface area contributed by atoms with E-state index in [1.54, 1.807) is 19.4 Å². The first-order valence-corrected chi connectivity index (χ1v) is 7.92. The molecule has 0 aliphatic rings. The molecule has 1 N–H and O–H groups in total. The van der Waals surface area contributed by atoms with Gasteiger partial charge in [-0.3, -0.25) is 4.79 Å². The van der Waals surface area contributed by atoms with E-state index in [0.29, 0.717) is 23.9 Å². The van der Waals surface area contributed by atoms with Crippen molar-refractivity contribution in [2.75, 3.05) is 19.4 Å². The molecule has 0 spiro atoms. The molecule has 2 aromatic rings. The molecule has 6 heteroatoms. The summed E-state index contributed by atoms with van der Waals surface area (Å²) in [6, 6.07) is 7.50. The Balaban J connectivity index is 1.85. The van der Waals surface area contributed by atoms with Crippen LogP contribution in [-0.2, 0) is 10.5 Å². The van der Waals surface area contributed by atoms with Crippen molar-refractivity contribution in [1.29, 1.82) is 0 Å². The van der Waals surface area contributed by atoms with Crippen LogP contribution in [0.25, 0.3) is 11.5 Å². The molecule has 0 aliphatic heterocycles. The van der Waals surface area contributed by atoms with Crippen LogP contribution in [0.2, 0.25) is 0 Å². The monoisotopic (exact) mass is 318 g/mol. The van der Waals surface area contributed by atoms with Crippen LogP contribution in [0.1, 0.15) is 5.69 Å². The Kier molecular flexibility index (Phi) is 6.09. The Morgan fingerprint density at radius 3 is 2.91 bits per heavy atom. The lowest BCUT2D eigenvalue weighted by molar-refractivity contribution is -0.118. The fraction of sp³-hybridized carbons (Fsp3) is 0.250. The zero-order valence-corrected chi connectivity index (χ0v) is 13.2. The highest BCUT2D eigenvalue weighted by atomic mass is 32.2. The quantitative estimate of drug-likeness (QED) is 0.758. The van der Waals surface area contributed by atoms with Crippen molar-refractivity contribution in [3.8, 4) is 17.2 Å². The first-order chi connectivity index (χ1) is 10.7. The van der Waals surface area contributed by atoms with E-state index >= 15 is 0 Å². The predicted octanol–water partition coefficient (Wildman–Crippen LogP) is 2.89. The molecule has 5 nitrogen and oxygen atoms in total. The summed E-state index contributed by atoms with van der Waals surface area (Å²) in [6.45, 7) is 4.04. The molecule has 0 bridgehead atoms. The summed E-state index contributed by atoms with van der Waals surface area (Å²) >= 11 is 1.49. The molecule has 116 valence electrons. The SMILES string of the molecule is C=CCNC(=O)CSCc1coc(-c2ccc(OC)cc2)n1. The summed E-state index contributed by atoms with van der Waals surface area (Å²) < 4.78 is 10.6. The van der Waals surface area contributed by atoms with Gasteiger partial charge in [-0.2, -0.15) is 0 Å². The van der Waals surface area contributed by atoms with E-state index in [9.17, 15) is 4.79 Å². The van der Waals surface area contributed by atoms with Crippen molar-refractivity contribution >= 4 is 17.7 Å². The summed E-state index contributed by atoms with van der Waals surface area (Å²) in [5, 5.41) is 2.73. The number of thioether (sulfide) groups is 1. The molecule has 0 unspecified atom stereocenters. The number of amides is 1. The molecule has 0 saturated heterocycles. The molecule has 0 atom stereocenters. The zero-order valence-electron chi connectivity index (χ0n) is 12.4. The second kappa shape index (κ2) is 8.29. The standard InChI is InChI=1S/C16H18N2O3S/c1-3-8-17-15(19)11-22-10-13-9-21-16(18-13)12-4-6-14(20-2)7-5-12/h3-7,9H,1,8,10-11H2,2H3,(H,17,19). The molecule has 0 fully saturated rings. The highest BCUT2D eigenvalue weighted by Crippen LogP contribution is 2.23. The number of carbonyl (C=O) groups is 1. The molecular formula is C16H18N2O3S. The van der Waals surface area contributed by atoms with E-state index in [2.05, 4.69) is 16.9 Å². The van der Waals surface area contributed by atoms with E-state index in [1.807, 2.05) is 24.3 Å². The minimum Gasteiger partial charge on any atom is -0.497 e. The topological polar surface area (TPSA) is 64.4 Å². The minimum absolute atomic E-state index is 0.0104. The lowest BCUT2D eigenvalue weighted by Gasteiger charge is -2.00. The number of aromatic nitrogens is 1. The fourth-order valence-corrected chi connectivity index (χ4v) is 2.46. The number of hydrogen-bond donors (Lipinski definition) is 1. The minimum atomic E-state index is -0.0104.